The monoisotopic (exact) mass is 541 g/mol. The van der Waals surface area contributed by atoms with Crippen molar-refractivity contribution in [3.05, 3.63) is 75.6 Å². The Hall–Kier alpha value is -2.10. The first kappa shape index (κ1) is 24.6. The number of carbonyl (C=O) groups excluding carboxylic acids is 1. The number of halogens is 1. The minimum atomic E-state index is -0.240. The van der Waals surface area contributed by atoms with E-state index in [0.29, 0.717) is 11.6 Å². The molecule has 0 radical (unpaired) electrons. The summed E-state index contributed by atoms with van der Waals surface area (Å²) in [4.78, 5) is 24.7. The molecule has 2 aromatic heterocycles. The van der Waals surface area contributed by atoms with E-state index < -0.39 is 0 Å². The van der Waals surface area contributed by atoms with Gasteiger partial charge in [-0.2, -0.15) is 0 Å². The number of fused-ring (bicyclic) bond motifs is 3. The molecule has 1 aliphatic heterocycles. The van der Waals surface area contributed by atoms with Crippen molar-refractivity contribution in [2.75, 3.05) is 11.1 Å². The first-order valence-electron chi connectivity index (χ1n) is 11.2. The summed E-state index contributed by atoms with van der Waals surface area (Å²) in [5, 5.41) is 6.21. The van der Waals surface area contributed by atoms with Crippen LogP contribution in [0.5, 0.6) is 0 Å². The largest absolute Gasteiger partial charge is 0.370 e. The van der Waals surface area contributed by atoms with Gasteiger partial charge >= 0.3 is 0 Å². The second-order valence-electron chi connectivity index (χ2n) is 8.84. The van der Waals surface area contributed by atoms with Gasteiger partial charge in [0.25, 0.3) is 0 Å². The highest BCUT2D eigenvalue weighted by molar-refractivity contribution is 8.00. The van der Waals surface area contributed by atoms with E-state index in [1.165, 1.54) is 27.8 Å². The van der Waals surface area contributed by atoms with Crippen LogP contribution in [0.1, 0.15) is 29.9 Å². The topological polar surface area (TPSA) is 64.1 Å². The number of nitrogens with one attached hydrogen (secondary N) is 1. The number of ether oxygens (including phenoxy) is 1. The lowest BCUT2D eigenvalue weighted by Crippen LogP contribution is -2.31. The number of rotatable bonds is 7. The maximum absolute atomic E-state index is 12.7. The molecular formula is C26H24ClN3O2S3. The lowest BCUT2D eigenvalue weighted by Gasteiger charge is -2.30. The Labute approximate surface area is 222 Å². The SMILES string of the molecule is CC1(C)Cc2c(sc3nc(SCc4ccccc4)nc(SCC(=O)Nc4ccc(Cl)cc4)c23)CO1. The molecule has 0 spiro atoms. The van der Waals surface area contributed by atoms with Crippen LogP contribution in [0, 0.1) is 0 Å². The van der Waals surface area contributed by atoms with Crippen LogP contribution in [-0.2, 0) is 28.3 Å². The van der Waals surface area contributed by atoms with Gasteiger partial charge in [0.1, 0.15) is 9.86 Å². The second kappa shape index (κ2) is 10.5. The molecule has 0 saturated heterocycles. The molecule has 4 aromatic rings. The summed E-state index contributed by atoms with van der Waals surface area (Å²) < 4.78 is 6.05. The molecule has 35 heavy (non-hydrogen) atoms. The summed E-state index contributed by atoms with van der Waals surface area (Å²) in [5.74, 6) is 0.951. The van der Waals surface area contributed by atoms with Crippen molar-refractivity contribution in [3.63, 3.8) is 0 Å². The zero-order chi connectivity index (χ0) is 24.4. The average molecular weight is 542 g/mol. The van der Waals surface area contributed by atoms with Crippen LogP contribution in [0.4, 0.5) is 5.69 Å². The number of benzene rings is 2. The average Bonchev–Trinajstić information content (AvgIpc) is 3.20. The van der Waals surface area contributed by atoms with E-state index in [1.54, 1.807) is 47.4 Å². The first-order valence-corrected chi connectivity index (χ1v) is 14.3. The minimum Gasteiger partial charge on any atom is -0.370 e. The van der Waals surface area contributed by atoms with Gasteiger partial charge in [-0.15, -0.1) is 11.3 Å². The van der Waals surface area contributed by atoms with Gasteiger partial charge in [-0.1, -0.05) is 65.5 Å². The van der Waals surface area contributed by atoms with Crippen LogP contribution in [0.25, 0.3) is 10.2 Å². The standard InChI is InChI=1S/C26H24ClN3O2S3/c1-26(2)12-19-20(13-32-26)35-24-22(19)23(29-25(30-24)34-14-16-6-4-3-5-7-16)33-15-21(31)28-18-10-8-17(27)9-11-18/h3-11H,12-15H2,1-2H3,(H,28,31). The predicted molar refractivity (Wildman–Crippen MR) is 147 cm³/mol. The quantitative estimate of drug-likeness (QED) is 0.151. The molecule has 3 heterocycles. The summed E-state index contributed by atoms with van der Waals surface area (Å²) in [7, 11) is 0. The maximum Gasteiger partial charge on any atom is 0.234 e. The van der Waals surface area contributed by atoms with Gasteiger partial charge in [-0.3, -0.25) is 4.79 Å². The number of thiophene rings is 1. The smallest absolute Gasteiger partial charge is 0.234 e. The molecule has 0 bridgehead atoms. The van der Waals surface area contributed by atoms with Crippen molar-refractivity contribution in [1.82, 2.24) is 9.97 Å². The normalized spacial score (nSPS) is 14.6. The number of anilines is 1. The molecule has 2 aromatic carbocycles. The van der Waals surface area contributed by atoms with E-state index in [-0.39, 0.29) is 17.3 Å². The van der Waals surface area contributed by atoms with Gasteiger partial charge in [0, 0.05) is 33.1 Å². The molecule has 5 rings (SSSR count). The third kappa shape index (κ3) is 6.01. The number of hydrogen-bond donors (Lipinski definition) is 1. The van der Waals surface area contributed by atoms with Crippen molar-refractivity contribution in [2.24, 2.45) is 0 Å². The van der Waals surface area contributed by atoms with Gasteiger partial charge in [-0.05, 0) is 49.2 Å². The Morgan fingerprint density at radius 1 is 1.11 bits per heavy atom. The lowest BCUT2D eigenvalue weighted by atomic mass is 9.95. The molecule has 5 nitrogen and oxygen atoms in total. The fourth-order valence-electron chi connectivity index (χ4n) is 3.85. The Morgan fingerprint density at radius 2 is 1.89 bits per heavy atom. The highest BCUT2D eigenvalue weighted by Crippen LogP contribution is 2.42. The van der Waals surface area contributed by atoms with E-state index in [9.17, 15) is 4.79 Å². The van der Waals surface area contributed by atoms with Crippen LogP contribution in [0.3, 0.4) is 0 Å². The van der Waals surface area contributed by atoms with Crippen molar-refractivity contribution < 1.29 is 9.53 Å². The predicted octanol–water partition coefficient (Wildman–Crippen LogP) is 7.22. The molecular weight excluding hydrogens is 518 g/mol. The van der Waals surface area contributed by atoms with Crippen LogP contribution in [0.2, 0.25) is 5.02 Å². The molecule has 0 unspecified atom stereocenters. The van der Waals surface area contributed by atoms with E-state index in [1.807, 2.05) is 18.2 Å². The summed E-state index contributed by atoms with van der Waals surface area (Å²) in [6.07, 6.45) is 0.798. The highest BCUT2D eigenvalue weighted by atomic mass is 35.5. The van der Waals surface area contributed by atoms with E-state index in [2.05, 4.69) is 31.3 Å². The van der Waals surface area contributed by atoms with Crippen LogP contribution in [0.15, 0.2) is 64.8 Å². The van der Waals surface area contributed by atoms with Crippen molar-refractivity contribution in [2.45, 2.75) is 48.4 Å². The van der Waals surface area contributed by atoms with E-state index in [0.717, 1.165) is 38.3 Å². The van der Waals surface area contributed by atoms with Gasteiger partial charge in [0.05, 0.1) is 18.0 Å². The van der Waals surface area contributed by atoms with Crippen LogP contribution in [-0.4, -0.2) is 27.2 Å². The van der Waals surface area contributed by atoms with E-state index in [4.69, 9.17) is 26.3 Å². The molecule has 1 N–H and O–H groups in total. The molecule has 9 heteroatoms. The summed E-state index contributed by atoms with van der Waals surface area (Å²) >= 11 is 10.7. The zero-order valence-corrected chi connectivity index (χ0v) is 22.5. The Kier molecular flexibility index (Phi) is 7.37. The molecule has 1 aliphatic rings. The van der Waals surface area contributed by atoms with Crippen molar-refractivity contribution in [3.8, 4) is 0 Å². The highest BCUT2D eigenvalue weighted by Gasteiger charge is 2.31. The van der Waals surface area contributed by atoms with Crippen LogP contribution < -0.4 is 5.32 Å². The van der Waals surface area contributed by atoms with Gasteiger partial charge in [0.15, 0.2) is 5.16 Å². The van der Waals surface area contributed by atoms with Crippen molar-refractivity contribution in [1.29, 1.82) is 0 Å². The number of nitrogens with zero attached hydrogens (tertiary/aromatic N) is 2. The maximum atomic E-state index is 12.7. The third-order valence-electron chi connectivity index (χ3n) is 5.56. The summed E-state index contributed by atoms with van der Waals surface area (Å²) in [6, 6.07) is 17.4. The van der Waals surface area contributed by atoms with Gasteiger partial charge < -0.3 is 10.1 Å². The molecule has 0 saturated carbocycles. The van der Waals surface area contributed by atoms with Crippen LogP contribution >= 0.6 is 46.5 Å². The molecule has 0 aliphatic carbocycles. The lowest BCUT2D eigenvalue weighted by molar-refractivity contribution is -0.113. The number of aromatic nitrogens is 2. The van der Waals surface area contributed by atoms with Gasteiger partial charge in [0.2, 0.25) is 5.91 Å². The zero-order valence-electron chi connectivity index (χ0n) is 19.3. The Balaban J connectivity index is 1.41. The number of carbonyl (C=O) groups is 1. The first-order chi connectivity index (χ1) is 16.9. The minimum absolute atomic E-state index is 0.0877. The molecule has 0 fully saturated rings. The Morgan fingerprint density at radius 3 is 2.66 bits per heavy atom. The molecule has 0 atom stereocenters. The summed E-state index contributed by atoms with van der Waals surface area (Å²) in [6.45, 7) is 4.80. The number of thioether (sulfide) groups is 2. The number of hydrogen-bond acceptors (Lipinski definition) is 7. The molecule has 180 valence electrons. The third-order valence-corrected chi connectivity index (χ3v) is 8.80. The fourth-order valence-corrected chi connectivity index (χ4v) is 6.91. The Bertz CT molecular complexity index is 1360. The van der Waals surface area contributed by atoms with Gasteiger partial charge in [-0.25, -0.2) is 9.97 Å². The number of amides is 1. The van der Waals surface area contributed by atoms with E-state index >= 15 is 0 Å². The second-order valence-corrected chi connectivity index (χ2v) is 12.3. The van der Waals surface area contributed by atoms with Crippen molar-refractivity contribution >= 4 is 68.3 Å². The fraction of sp³-hybridized carbons (Fsp3) is 0.269. The summed E-state index contributed by atoms with van der Waals surface area (Å²) in [5.41, 5.74) is 2.95. The molecule has 1 amide bonds.